The van der Waals surface area contributed by atoms with E-state index in [1.165, 1.54) is 6.08 Å². The molecule has 0 unspecified atom stereocenters. The van der Waals surface area contributed by atoms with Gasteiger partial charge in [0.1, 0.15) is 5.65 Å². The van der Waals surface area contributed by atoms with Crippen molar-refractivity contribution in [2.75, 3.05) is 0 Å². The Morgan fingerprint density at radius 2 is 2.40 bits per heavy atom. The van der Waals surface area contributed by atoms with Crippen molar-refractivity contribution in [3.8, 4) is 0 Å². The molecule has 0 fully saturated rings. The van der Waals surface area contributed by atoms with E-state index in [0.717, 1.165) is 28.4 Å². The maximum absolute atomic E-state index is 10.2. The van der Waals surface area contributed by atoms with Gasteiger partial charge in [0.25, 0.3) is 0 Å². The van der Waals surface area contributed by atoms with Crippen molar-refractivity contribution in [1.82, 2.24) is 9.97 Å². The van der Waals surface area contributed by atoms with Gasteiger partial charge in [-0.3, -0.25) is 10.1 Å². The lowest BCUT2D eigenvalue weighted by atomic mass is 10.1. The number of H-pyrrole nitrogens is 1. The summed E-state index contributed by atoms with van der Waals surface area (Å²) in [6.07, 6.45) is 5.81. The van der Waals surface area contributed by atoms with Crippen LogP contribution in [-0.2, 0) is 0 Å². The van der Waals surface area contributed by atoms with E-state index in [-0.39, 0.29) is 0 Å². The van der Waals surface area contributed by atoms with Gasteiger partial charge in [-0.25, -0.2) is 4.98 Å². The lowest BCUT2D eigenvalue weighted by Crippen LogP contribution is -1.83. The average Bonchev–Trinajstić information content (AvgIpc) is 2.59. The standard InChI is InChI=1S/C10H9N3O2/c1-7-2-4-11-10-9(7)8(6-12-10)3-5-13(14)15/h2-6H,1H3,(H,11,12). The van der Waals surface area contributed by atoms with Crippen molar-refractivity contribution < 1.29 is 4.92 Å². The maximum Gasteiger partial charge on any atom is 0.235 e. The van der Waals surface area contributed by atoms with Crippen molar-refractivity contribution in [3.05, 3.63) is 45.9 Å². The van der Waals surface area contributed by atoms with Gasteiger partial charge in [-0.1, -0.05) is 0 Å². The number of hydrogen-bond acceptors (Lipinski definition) is 3. The lowest BCUT2D eigenvalue weighted by Gasteiger charge is -1.95. The third-order valence-corrected chi connectivity index (χ3v) is 2.19. The van der Waals surface area contributed by atoms with Gasteiger partial charge in [-0.15, -0.1) is 0 Å². The van der Waals surface area contributed by atoms with Crippen LogP contribution in [0.3, 0.4) is 0 Å². The largest absolute Gasteiger partial charge is 0.346 e. The molecule has 2 aromatic rings. The van der Waals surface area contributed by atoms with Gasteiger partial charge < -0.3 is 4.98 Å². The summed E-state index contributed by atoms with van der Waals surface area (Å²) < 4.78 is 0. The first-order chi connectivity index (χ1) is 7.18. The van der Waals surface area contributed by atoms with Gasteiger partial charge in [0.2, 0.25) is 6.20 Å². The highest BCUT2D eigenvalue weighted by molar-refractivity contribution is 5.88. The second-order valence-electron chi connectivity index (χ2n) is 3.20. The highest BCUT2D eigenvalue weighted by Crippen LogP contribution is 2.21. The summed E-state index contributed by atoms with van der Waals surface area (Å²) >= 11 is 0. The highest BCUT2D eigenvalue weighted by atomic mass is 16.6. The molecule has 0 aliphatic heterocycles. The predicted octanol–water partition coefficient (Wildman–Crippen LogP) is 2.12. The highest BCUT2D eigenvalue weighted by Gasteiger charge is 2.05. The van der Waals surface area contributed by atoms with Crippen molar-refractivity contribution in [2.24, 2.45) is 0 Å². The summed E-state index contributed by atoms with van der Waals surface area (Å²) in [7, 11) is 0. The molecule has 0 aliphatic carbocycles. The van der Waals surface area contributed by atoms with E-state index in [4.69, 9.17) is 0 Å². The Hall–Kier alpha value is -2.17. The van der Waals surface area contributed by atoms with E-state index in [9.17, 15) is 10.1 Å². The molecule has 5 heteroatoms. The molecule has 15 heavy (non-hydrogen) atoms. The summed E-state index contributed by atoms with van der Waals surface area (Å²) in [6, 6.07) is 1.87. The first-order valence-corrected chi connectivity index (χ1v) is 4.43. The first kappa shape index (κ1) is 9.39. The van der Waals surface area contributed by atoms with Crippen LogP contribution in [0.1, 0.15) is 11.1 Å². The number of nitrogens with one attached hydrogen (secondary N) is 1. The fraction of sp³-hybridized carbons (Fsp3) is 0.100. The Morgan fingerprint density at radius 1 is 1.60 bits per heavy atom. The predicted molar refractivity (Wildman–Crippen MR) is 56.9 cm³/mol. The molecule has 0 bridgehead atoms. The molecule has 0 amide bonds. The second kappa shape index (κ2) is 3.53. The number of fused-ring (bicyclic) bond motifs is 1. The minimum atomic E-state index is -0.482. The smallest absolute Gasteiger partial charge is 0.235 e. The molecule has 2 heterocycles. The molecule has 0 aromatic carbocycles. The lowest BCUT2D eigenvalue weighted by molar-refractivity contribution is -0.400. The van der Waals surface area contributed by atoms with E-state index in [1.807, 2.05) is 13.0 Å². The number of hydrogen-bond donors (Lipinski definition) is 1. The fourth-order valence-electron chi connectivity index (χ4n) is 1.52. The van der Waals surface area contributed by atoms with Gasteiger partial charge in [0, 0.05) is 29.4 Å². The van der Waals surface area contributed by atoms with Gasteiger partial charge in [-0.2, -0.15) is 0 Å². The number of nitro groups is 1. The van der Waals surface area contributed by atoms with Crippen molar-refractivity contribution in [3.63, 3.8) is 0 Å². The third kappa shape index (κ3) is 1.71. The maximum atomic E-state index is 10.2. The number of rotatable bonds is 2. The SMILES string of the molecule is Cc1ccnc2[nH]cc(C=C[N+](=O)[O-])c12. The van der Waals surface area contributed by atoms with Gasteiger partial charge in [0.05, 0.1) is 4.92 Å². The molecule has 0 saturated carbocycles. The molecule has 1 N–H and O–H groups in total. The van der Waals surface area contributed by atoms with Crippen LogP contribution in [0.5, 0.6) is 0 Å². The van der Waals surface area contributed by atoms with Crippen LogP contribution in [0.4, 0.5) is 0 Å². The van der Waals surface area contributed by atoms with Gasteiger partial charge >= 0.3 is 0 Å². The number of aromatic nitrogens is 2. The zero-order valence-electron chi connectivity index (χ0n) is 8.10. The Labute approximate surface area is 85.6 Å². The van der Waals surface area contributed by atoms with E-state index >= 15 is 0 Å². The van der Waals surface area contributed by atoms with Crippen LogP contribution < -0.4 is 0 Å². The summed E-state index contributed by atoms with van der Waals surface area (Å²) in [5.74, 6) is 0. The zero-order chi connectivity index (χ0) is 10.8. The molecule has 2 aromatic heterocycles. The summed E-state index contributed by atoms with van der Waals surface area (Å²) in [5.41, 5.74) is 2.58. The molecule has 2 rings (SSSR count). The van der Waals surface area contributed by atoms with E-state index < -0.39 is 4.92 Å². The Bertz CT molecular complexity index is 543. The molecule has 0 spiro atoms. The van der Waals surface area contributed by atoms with Crippen LogP contribution in [0.25, 0.3) is 17.1 Å². The van der Waals surface area contributed by atoms with Crippen molar-refractivity contribution >= 4 is 17.1 Å². The van der Waals surface area contributed by atoms with Crippen molar-refractivity contribution in [2.45, 2.75) is 6.92 Å². The topological polar surface area (TPSA) is 71.8 Å². The monoisotopic (exact) mass is 203 g/mol. The number of aromatic amines is 1. The zero-order valence-corrected chi connectivity index (χ0v) is 8.10. The minimum absolute atomic E-state index is 0.482. The van der Waals surface area contributed by atoms with Crippen molar-refractivity contribution in [1.29, 1.82) is 0 Å². The summed E-state index contributed by atoms with van der Waals surface area (Å²) in [5, 5.41) is 11.1. The average molecular weight is 203 g/mol. The fourth-order valence-corrected chi connectivity index (χ4v) is 1.52. The number of aryl methyl sites for hydroxylation is 1. The third-order valence-electron chi connectivity index (χ3n) is 2.19. The molecular formula is C10H9N3O2. The van der Waals surface area contributed by atoms with Crippen LogP contribution in [0.2, 0.25) is 0 Å². The second-order valence-corrected chi connectivity index (χ2v) is 3.20. The normalized spacial score (nSPS) is 11.3. The van der Waals surface area contributed by atoms with Crippen LogP contribution in [-0.4, -0.2) is 14.9 Å². The van der Waals surface area contributed by atoms with Gasteiger partial charge in [-0.05, 0) is 18.6 Å². The molecule has 5 nitrogen and oxygen atoms in total. The Balaban J connectivity index is 2.57. The summed E-state index contributed by atoms with van der Waals surface area (Å²) in [6.45, 7) is 1.95. The van der Waals surface area contributed by atoms with E-state index in [1.54, 1.807) is 12.4 Å². The molecular weight excluding hydrogens is 194 g/mol. The minimum Gasteiger partial charge on any atom is -0.346 e. The van der Waals surface area contributed by atoms with Crippen LogP contribution >= 0.6 is 0 Å². The van der Waals surface area contributed by atoms with Gasteiger partial charge in [0.15, 0.2) is 0 Å². The van der Waals surface area contributed by atoms with Crippen LogP contribution in [0.15, 0.2) is 24.7 Å². The van der Waals surface area contributed by atoms with E-state index in [0.29, 0.717) is 0 Å². The molecule has 0 aliphatic rings. The molecule has 0 atom stereocenters. The number of pyridine rings is 1. The molecule has 0 radical (unpaired) electrons. The molecule has 76 valence electrons. The number of nitrogens with zero attached hydrogens (tertiary/aromatic N) is 2. The van der Waals surface area contributed by atoms with Crippen LogP contribution in [0, 0.1) is 17.0 Å². The summed E-state index contributed by atoms with van der Waals surface area (Å²) in [4.78, 5) is 16.8. The quantitative estimate of drug-likeness (QED) is 0.600. The van der Waals surface area contributed by atoms with E-state index in [2.05, 4.69) is 9.97 Å². The molecule has 0 saturated heterocycles. The Kier molecular flexibility index (Phi) is 2.21. The first-order valence-electron chi connectivity index (χ1n) is 4.43. The Morgan fingerprint density at radius 3 is 3.13 bits per heavy atom.